The Hall–Kier alpha value is -3.41. The van der Waals surface area contributed by atoms with Gasteiger partial charge in [0.05, 0.1) is 6.21 Å². The molecule has 3 N–H and O–H groups in total. The number of fused-ring (bicyclic) bond motifs is 1. The van der Waals surface area contributed by atoms with Crippen LogP contribution in [0.25, 0.3) is 10.9 Å². The van der Waals surface area contributed by atoms with E-state index in [1.165, 1.54) is 0 Å². The van der Waals surface area contributed by atoms with Gasteiger partial charge in [-0.3, -0.25) is 9.59 Å². The minimum Gasteiger partial charge on any atom is -0.370 e. The standard InChI is InChI=1S/C20H20N4O2/c1-14-6-2-3-7-16(14)20(26)23-22-12-15-13-24(11-10-19(21)25)18-9-5-4-8-17(15)18/h2-9,12-13H,10-11H2,1H3,(H2,21,25)(H,23,26)/b22-12-. The van der Waals surface area contributed by atoms with Crippen molar-refractivity contribution in [1.29, 1.82) is 0 Å². The van der Waals surface area contributed by atoms with E-state index < -0.39 is 0 Å². The molecule has 0 fully saturated rings. The molecule has 0 aliphatic carbocycles. The fraction of sp³-hybridized carbons (Fsp3) is 0.150. The number of nitrogens with zero attached hydrogens (tertiary/aromatic N) is 2. The first-order valence-electron chi connectivity index (χ1n) is 8.31. The molecule has 2 amide bonds. The third-order valence-electron chi connectivity index (χ3n) is 4.18. The van der Waals surface area contributed by atoms with Crippen LogP contribution in [0.1, 0.15) is 27.9 Å². The molecule has 132 valence electrons. The van der Waals surface area contributed by atoms with E-state index in [9.17, 15) is 9.59 Å². The Morgan fingerprint density at radius 1 is 1.15 bits per heavy atom. The van der Waals surface area contributed by atoms with Gasteiger partial charge in [0.1, 0.15) is 0 Å². The maximum Gasteiger partial charge on any atom is 0.271 e. The lowest BCUT2D eigenvalue weighted by atomic mass is 10.1. The van der Waals surface area contributed by atoms with Crippen LogP contribution in [-0.4, -0.2) is 22.6 Å². The number of benzene rings is 2. The van der Waals surface area contributed by atoms with E-state index in [2.05, 4.69) is 10.5 Å². The Labute approximate surface area is 151 Å². The number of nitrogens with two attached hydrogens (primary N) is 1. The molecule has 0 atom stereocenters. The highest BCUT2D eigenvalue weighted by Gasteiger charge is 2.09. The average Bonchev–Trinajstić information content (AvgIpc) is 2.98. The van der Waals surface area contributed by atoms with E-state index in [1.54, 1.807) is 12.3 Å². The average molecular weight is 348 g/mol. The number of hydrogen-bond acceptors (Lipinski definition) is 3. The van der Waals surface area contributed by atoms with E-state index in [0.29, 0.717) is 12.1 Å². The topological polar surface area (TPSA) is 89.5 Å². The molecule has 3 rings (SSSR count). The summed E-state index contributed by atoms with van der Waals surface area (Å²) in [5.41, 5.74) is 11.1. The van der Waals surface area contributed by atoms with Gasteiger partial charge >= 0.3 is 0 Å². The molecule has 26 heavy (non-hydrogen) atoms. The van der Waals surface area contributed by atoms with Crippen LogP contribution in [-0.2, 0) is 11.3 Å². The number of aryl methyl sites for hydroxylation is 2. The molecular weight excluding hydrogens is 328 g/mol. The van der Waals surface area contributed by atoms with E-state index >= 15 is 0 Å². The molecule has 1 aromatic heterocycles. The number of hydrazone groups is 1. The highest BCUT2D eigenvalue weighted by molar-refractivity contribution is 6.00. The molecule has 0 saturated carbocycles. The number of carbonyl (C=O) groups is 2. The van der Waals surface area contributed by atoms with Gasteiger partial charge in [0.15, 0.2) is 0 Å². The second-order valence-corrected chi connectivity index (χ2v) is 6.03. The zero-order valence-electron chi connectivity index (χ0n) is 14.5. The molecule has 3 aromatic rings. The quantitative estimate of drug-likeness (QED) is 0.530. The summed E-state index contributed by atoms with van der Waals surface area (Å²) in [5.74, 6) is -0.597. The number of amides is 2. The lowest BCUT2D eigenvalue weighted by Gasteiger charge is -2.02. The van der Waals surface area contributed by atoms with Crippen molar-refractivity contribution >= 4 is 28.9 Å². The molecule has 0 spiro atoms. The Morgan fingerprint density at radius 3 is 2.65 bits per heavy atom. The normalized spacial score (nSPS) is 11.1. The summed E-state index contributed by atoms with van der Waals surface area (Å²) in [6.07, 6.45) is 3.77. The van der Waals surface area contributed by atoms with Crippen molar-refractivity contribution in [2.75, 3.05) is 0 Å². The van der Waals surface area contributed by atoms with E-state index in [-0.39, 0.29) is 18.2 Å². The predicted molar refractivity (Wildman–Crippen MR) is 102 cm³/mol. The van der Waals surface area contributed by atoms with Crippen molar-refractivity contribution in [1.82, 2.24) is 9.99 Å². The maximum atomic E-state index is 12.2. The zero-order valence-corrected chi connectivity index (χ0v) is 14.5. The Balaban J connectivity index is 1.80. The molecule has 0 saturated heterocycles. The summed E-state index contributed by atoms with van der Waals surface area (Å²) >= 11 is 0. The lowest BCUT2D eigenvalue weighted by Crippen LogP contribution is -2.18. The maximum absolute atomic E-state index is 12.2. The second-order valence-electron chi connectivity index (χ2n) is 6.03. The molecule has 0 radical (unpaired) electrons. The summed E-state index contributed by atoms with van der Waals surface area (Å²) in [6.45, 7) is 2.38. The van der Waals surface area contributed by atoms with E-state index in [1.807, 2.05) is 60.2 Å². The number of hydrogen-bond donors (Lipinski definition) is 2. The SMILES string of the molecule is Cc1ccccc1C(=O)N/N=C\c1cn(CCC(N)=O)c2ccccc12. The van der Waals surface area contributed by atoms with Gasteiger partial charge in [0.25, 0.3) is 5.91 Å². The van der Waals surface area contributed by atoms with Gasteiger partial charge in [-0.05, 0) is 24.6 Å². The van der Waals surface area contributed by atoms with E-state index in [0.717, 1.165) is 22.0 Å². The van der Waals surface area contributed by atoms with Crippen LogP contribution in [0.4, 0.5) is 0 Å². The molecule has 0 bridgehead atoms. The van der Waals surface area contributed by atoms with Crippen molar-refractivity contribution in [3.05, 3.63) is 71.4 Å². The molecule has 6 heteroatoms. The largest absolute Gasteiger partial charge is 0.370 e. The summed E-state index contributed by atoms with van der Waals surface area (Å²) in [4.78, 5) is 23.3. The molecule has 0 aliphatic rings. The van der Waals surface area contributed by atoms with Gasteiger partial charge in [-0.15, -0.1) is 0 Å². The first-order valence-corrected chi connectivity index (χ1v) is 8.31. The predicted octanol–water partition coefficient (Wildman–Crippen LogP) is 2.59. The third-order valence-corrected chi connectivity index (χ3v) is 4.18. The zero-order chi connectivity index (χ0) is 18.5. The number of aromatic nitrogens is 1. The molecular formula is C20H20N4O2. The number of nitrogens with one attached hydrogen (secondary N) is 1. The van der Waals surface area contributed by atoms with Crippen molar-refractivity contribution in [3.8, 4) is 0 Å². The van der Waals surface area contributed by atoms with Crippen LogP contribution in [0.15, 0.2) is 59.8 Å². The van der Waals surface area contributed by atoms with Crippen LogP contribution < -0.4 is 11.2 Å². The first kappa shape index (κ1) is 17.4. The van der Waals surface area contributed by atoms with Crippen LogP contribution in [0, 0.1) is 6.92 Å². The van der Waals surface area contributed by atoms with Crippen molar-refractivity contribution in [2.45, 2.75) is 19.9 Å². The Bertz CT molecular complexity index is 988. The molecule has 0 aliphatic heterocycles. The van der Waals surface area contributed by atoms with Gasteiger partial charge in [-0.25, -0.2) is 5.43 Å². The van der Waals surface area contributed by atoms with Crippen LogP contribution >= 0.6 is 0 Å². The third kappa shape index (κ3) is 3.80. The minimum atomic E-state index is -0.344. The van der Waals surface area contributed by atoms with Crippen LogP contribution in [0.3, 0.4) is 0 Å². The Morgan fingerprint density at radius 2 is 1.88 bits per heavy atom. The second kappa shape index (κ2) is 7.65. The smallest absolute Gasteiger partial charge is 0.271 e. The van der Waals surface area contributed by atoms with E-state index in [4.69, 9.17) is 5.73 Å². The minimum absolute atomic E-state index is 0.253. The van der Waals surface area contributed by atoms with Crippen LogP contribution in [0.5, 0.6) is 0 Å². The highest BCUT2D eigenvalue weighted by atomic mass is 16.2. The summed E-state index contributed by atoms with van der Waals surface area (Å²) in [5, 5.41) is 5.08. The lowest BCUT2D eigenvalue weighted by molar-refractivity contribution is -0.118. The van der Waals surface area contributed by atoms with Gasteiger partial charge in [0, 0.05) is 41.2 Å². The highest BCUT2D eigenvalue weighted by Crippen LogP contribution is 2.20. The monoisotopic (exact) mass is 348 g/mol. The van der Waals surface area contributed by atoms with Crippen molar-refractivity contribution < 1.29 is 9.59 Å². The molecule has 1 heterocycles. The number of primary amides is 1. The molecule has 2 aromatic carbocycles. The molecule has 0 unspecified atom stereocenters. The van der Waals surface area contributed by atoms with Crippen LogP contribution in [0.2, 0.25) is 0 Å². The molecule has 6 nitrogen and oxygen atoms in total. The fourth-order valence-electron chi connectivity index (χ4n) is 2.84. The van der Waals surface area contributed by atoms with Crippen molar-refractivity contribution in [2.24, 2.45) is 10.8 Å². The van der Waals surface area contributed by atoms with Gasteiger partial charge in [0.2, 0.25) is 5.91 Å². The number of carbonyl (C=O) groups excluding carboxylic acids is 2. The fourth-order valence-corrected chi connectivity index (χ4v) is 2.84. The summed E-state index contributed by atoms with van der Waals surface area (Å²) in [6, 6.07) is 15.2. The number of para-hydroxylation sites is 1. The van der Waals surface area contributed by atoms with Crippen molar-refractivity contribution in [3.63, 3.8) is 0 Å². The Kier molecular flexibility index (Phi) is 5.12. The first-order chi connectivity index (χ1) is 12.6. The van der Waals surface area contributed by atoms with Gasteiger partial charge < -0.3 is 10.3 Å². The van der Waals surface area contributed by atoms with Gasteiger partial charge in [-0.1, -0.05) is 36.4 Å². The van der Waals surface area contributed by atoms with Gasteiger partial charge in [-0.2, -0.15) is 5.10 Å². The number of rotatable bonds is 6. The summed E-state index contributed by atoms with van der Waals surface area (Å²) in [7, 11) is 0. The summed E-state index contributed by atoms with van der Waals surface area (Å²) < 4.78 is 1.96.